The van der Waals surface area contributed by atoms with Gasteiger partial charge in [-0.25, -0.2) is 14.0 Å². The van der Waals surface area contributed by atoms with Gasteiger partial charge in [-0.2, -0.15) is 13.2 Å². The average Bonchev–Trinajstić information content (AvgIpc) is 2.85. The lowest BCUT2D eigenvalue weighted by atomic mass is 10.1. The highest BCUT2D eigenvalue weighted by molar-refractivity contribution is 6.05. The number of benzene rings is 3. The molecule has 0 bridgehead atoms. The van der Waals surface area contributed by atoms with Crippen LogP contribution in [0.2, 0.25) is 0 Å². The SMILES string of the molecule is CCOC(=O)c1ccc(Oc2ccccc2NC(=O)c2cc(C(F)(F)F)ccc2F)cc1C(=O)OCC. The van der Waals surface area contributed by atoms with E-state index in [2.05, 4.69) is 5.32 Å². The number of ether oxygens (including phenoxy) is 3. The van der Waals surface area contributed by atoms with Gasteiger partial charge in [-0.1, -0.05) is 12.1 Å². The number of esters is 2. The van der Waals surface area contributed by atoms with E-state index in [1.165, 1.54) is 36.4 Å². The maximum atomic E-state index is 14.2. The molecular formula is C26H21F4NO6. The molecule has 3 rings (SSSR count). The number of amides is 1. The molecule has 0 aliphatic heterocycles. The Morgan fingerprint density at radius 1 is 0.811 bits per heavy atom. The van der Waals surface area contributed by atoms with E-state index in [0.717, 1.165) is 0 Å². The first-order valence-corrected chi connectivity index (χ1v) is 11.0. The van der Waals surface area contributed by atoms with Crippen molar-refractivity contribution in [2.24, 2.45) is 0 Å². The van der Waals surface area contributed by atoms with Gasteiger partial charge in [0.05, 0.1) is 41.2 Å². The van der Waals surface area contributed by atoms with Gasteiger partial charge in [-0.15, -0.1) is 0 Å². The number of para-hydroxylation sites is 2. The minimum absolute atomic E-state index is 0.0106. The van der Waals surface area contributed by atoms with E-state index in [-0.39, 0.29) is 41.5 Å². The Kier molecular flexibility index (Phi) is 8.49. The van der Waals surface area contributed by atoms with E-state index in [0.29, 0.717) is 18.2 Å². The number of carbonyl (C=O) groups is 3. The third-order valence-electron chi connectivity index (χ3n) is 4.88. The Morgan fingerprint density at radius 2 is 1.46 bits per heavy atom. The van der Waals surface area contributed by atoms with Gasteiger partial charge in [-0.05, 0) is 62.4 Å². The standard InChI is InChI=1S/C26H21F4NO6/c1-3-35-24(33)17-11-10-16(14-18(17)25(34)36-4-2)37-22-8-6-5-7-21(22)31-23(32)19-13-15(26(28,29)30)9-12-20(19)27/h5-14H,3-4H2,1-2H3,(H,31,32). The molecule has 0 heterocycles. The van der Waals surface area contributed by atoms with Crippen LogP contribution in [0.5, 0.6) is 11.5 Å². The number of halogens is 4. The summed E-state index contributed by atoms with van der Waals surface area (Å²) < 4.78 is 68.9. The lowest BCUT2D eigenvalue weighted by Gasteiger charge is -2.15. The third-order valence-corrected chi connectivity index (χ3v) is 4.88. The second-order valence-corrected chi connectivity index (χ2v) is 7.39. The lowest BCUT2D eigenvalue weighted by molar-refractivity contribution is -0.137. The molecule has 194 valence electrons. The van der Waals surface area contributed by atoms with Crippen molar-refractivity contribution in [1.29, 1.82) is 0 Å². The molecule has 0 aromatic heterocycles. The van der Waals surface area contributed by atoms with Crippen LogP contribution in [0.1, 0.15) is 50.5 Å². The first-order valence-electron chi connectivity index (χ1n) is 11.0. The zero-order valence-electron chi connectivity index (χ0n) is 19.6. The summed E-state index contributed by atoms with van der Waals surface area (Å²) in [4.78, 5) is 37.3. The first-order chi connectivity index (χ1) is 17.5. The molecule has 3 aromatic rings. The molecule has 0 aliphatic rings. The summed E-state index contributed by atoms with van der Waals surface area (Å²) in [5.74, 6) is -3.71. The summed E-state index contributed by atoms with van der Waals surface area (Å²) in [6.07, 6.45) is -4.77. The van der Waals surface area contributed by atoms with Crippen LogP contribution in [0.4, 0.5) is 23.2 Å². The van der Waals surface area contributed by atoms with Crippen molar-refractivity contribution < 1.29 is 46.2 Å². The molecule has 1 N–H and O–H groups in total. The highest BCUT2D eigenvalue weighted by atomic mass is 19.4. The van der Waals surface area contributed by atoms with Gasteiger partial charge in [0.2, 0.25) is 0 Å². The van der Waals surface area contributed by atoms with Gasteiger partial charge < -0.3 is 19.5 Å². The van der Waals surface area contributed by atoms with Gasteiger partial charge in [0.15, 0.2) is 5.75 Å². The highest BCUT2D eigenvalue weighted by Crippen LogP contribution is 2.33. The van der Waals surface area contributed by atoms with Gasteiger partial charge in [0.25, 0.3) is 5.91 Å². The summed E-state index contributed by atoms with van der Waals surface area (Å²) in [7, 11) is 0. The van der Waals surface area contributed by atoms with Crippen molar-refractivity contribution >= 4 is 23.5 Å². The van der Waals surface area contributed by atoms with E-state index in [9.17, 15) is 31.9 Å². The van der Waals surface area contributed by atoms with Crippen LogP contribution in [0.3, 0.4) is 0 Å². The van der Waals surface area contributed by atoms with E-state index < -0.39 is 41.0 Å². The van der Waals surface area contributed by atoms with Gasteiger partial charge >= 0.3 is 18.1 Å². The summed E-state index contributed by atoms with van der Waals surface area (Å²) in [6, 6.07) is 11.3. The smallest absolute Gasteiger partial charge is 0.416 e. The average molecular weight is 519 g/mol. The Morgan fingerprint density at radius 3 is 2.11 bits per heavy atom. The largest absolute Gasteiger partial charge is 0.462 e. The number of anilines is 1. The zero-order valence-corrected chi connectivity index (χ0v) is 19.6. The fourth-order valence-corrected chi connectivity index (χ4v) is 3.20. The van der Waals surface area contributed by atoms with Crippen molar-refractivity contribution in [3.63, 3.8) is 0 Å². The van der Waals surface area contributed by atoms with Crippen molar-refractivity contribution in [1.82, 2.24) is 0 Å². The van der Waals surface area contributed by atoms with Crippen molar-refractivity contribution in [3.05, 3.63) is 88.7 Å². The predicted molar refractivity (Wildman–Crippen MR) is 124 cm³/mol. The van der Waals surface area contributed by atoms with E-state index in [1.54, 1.807) is 19.9 Å². The Bertz CT molecular complexity index is 1320. The monoisotopic (exact) mass is 519 g/mol. The van der Waals surface area contributed by atoms with Crippen LogP contribution < -0.4 is 10.1 Å². The summed E-state index contributed by atoms with van der Waals surface area (Å²) in [5.41, 5.74) is -2.15. The quantitative estimate of drug-likeness (QED) is 0.280. The first kappa shape index (κ1) is 27.2. The van der Waals surface area contributed by atoms with Crippen molar-refractivity contribution in [3.8, 4) is 11.5 Å². The van der Waals surface area contributed by atoms with Gasteiger partial charge in [0, 0.05) is 0 Å². The Balaban J connectivity index is 1.91. The number of carbonyl (C=O) groups excluding carboxylic acids is 3. The fourth-order valence-electron chi connectivity index (χ4n) is 3.20. The maximum Gasteiger partial charge on any atom is 0.416 e. The predicted octanol–water partition coefficient (Wildman–Crippen LogP) is 6.24. The summed E-state index contributed by atoms with van der Waals surface area (Å²) in [5, 5.41) is 2.33. The van der Waals surface area contributed by atoms with Crippen LogP contribution in [0.15, 0.2) is 60.7 Å². The fraction of sp³-hybridized carbons (Fsp3) is 0.192. The molecule has 0 saturated carbocycles. The van der Waals surface area contributed by atoms with Crippen LogP contribution in [0.25, 0.3) is 0 Å². The number of hydrogen-bond acceptors (Lipinski definition) is 6. The second-order valence-electron chi connectivity index (χ2n) is 7.39. The molecule has 0 spiro atoms. The van der Waals surface area contributed by atoms with Crippen LogP contribution >= 0.6 is 0 Å². The molecule has 0 aliphatic carbocycles. The molecule has 0 saturated heterocycles. The van der Waals surface area contributed by atoms with Crippen molar-refractivity contribution in [2.45, 2.75) is 20.0 Å². The molecule has 0 unspecified atom stereocenters. The molecule has 7 nitrogen and oxygen atoms in total. The van der Waals surface area contributed by atoms with Crippen molar-refractivity contribution in [2.75, 3.05) is 18.5 Å². The summed E-state index contributed by atoms with van der Waals surface area (Å²) >= 11 is 0. The second kappa shape index (κ2) is 11.5. The molecule has 0 atom stereocenters. The molecule has 37 heavy (non-hydrogen) atoms. The third kappa shape index (κ3) is 6.63. The van der Waals surface area contributed by atoms with E-state index in [4.69, 9.17) is 14.2 Å². The van der Waals surface area contributed by atoms with E-state index in [1.807, 2.05) is 0 Å². The molecule has 11 heteroatoms. The van der Waals surface area contributed by atoms with E-state index >= 15 is 0 Å². The molecule has 3 aromatic carbocycles. The minimum atomic E-state index is -4.77. The normalized spacial score (nSPS) is 11.0. The molecule has 0 fully saturated rings. The van der Waals surface area contributed by atoms with Gasteiger partial charge in [-0.3, -0.25) is 4.79 Å². The molecular weight excluding hydrogens is 498 g/mol. The number of hydrogen-bond donors (Lipinski definition) is 1. The zero-order chi connectivity index (χ0) is 27.2. The minimum Gasteiger partial charge on any atom is -0.462 e. The van der Waals surface area contributed by atoms with Gasteiger partial charge in [0.1, 0.15) is 11.6 Å². The highest BCUT2D eigenvalue weighted by Gasteiger charge is 2.32. The number of alkyl halides is 3. The van der Waals surface area contributed by atoms with Crippen LogP contribution in [0, 0.1) is 5.82 Å². The van der Waals surface area contributed by atoms with Crippen LogP contribution in [-0.2, 0) is 15.7 Å². The number of rotatable bonds is 8. The molecule has 0 radical (unpaired) electrons. The number of nitrogens with one attached hydrogen (secondary N) is 1. The lowest BCUT2D eigenvalue weighted by Crippen LogP contribution is -2.16. The Labute approximate surface area is 209 Å². The molecule has 1 amide bonds. The Hall–Kier alpha value is -4.41. The topological polar surface area (TPSA) is 90.9 Å². The summed E-state index contributed by atoms with van der Waals surface area (Å²) in [6.45, 7) is 3.33. The maximum absolute atomic E-state index is 14.2. The van der Waals surface area contributed by atoms with Crippen LogP contribution in [-0.4, -0.2) is 31.1 Å².